The van der Waals surface area contributed by atoms with Crippen molar-refractivity contribution < 1.29 is 9.53 Å². The summed E-state index contributed by atoms with van der Waals surface area (Å²) in [5.74, 6) is 0.331. The molecule has 0 aromatic heterocycles. The second-order valence-corrected chi connectivity index (χ2v) is 4.92. The van der Waals surface area contributed by atoms with Crippen molar-refractivity contribution in [2.75, 3.05) is 13.2 Å². The van der Waals surface area contributed by atoms with Gasteiger partial charge in [0.25, 0.3) is 0 Å². The lowest BCUT2D eigenvalue weighted by Gasteiger charge is -2.28. The zero-order valence-corrected chi connectivity index (χ0v) is 11.1. The Hall–Kier alpha value is -1.35. The van der Waals surface area contributed by atoms with Gasteiger partial charge in [0.05, 0.1) is 12.2 Å². The van der Waals surface area contributed by atoms with E-state index in [4.69, 9.17) is 4.74 Å². The third-order valence-corrected chi connectivity index (χ3v) is 3.49. The highest BCUT2D eigenvalue weighted by molar-refractivity contribution is 5.89. The van der Waals surface area contributed by atoms with Crippen molar-refractivity contribution in [2.45, 2.75) is 38.6 Å². The minimum Gasteiger partial charge on any atom is -0.462 e. The number of hydrogen-bond donors (Lipinski definition) is 1. The molecule has 0 bridgehead atoms. The van der Waals surface area contributed by atoms with Gasteiger partial charge in [-0.3, -0.25) is 0 Å². The molecule has 1 aliphatic heterocycles. The first-order valence-corrected chi connectivity index (χ1v) is 6.71. The molecule has 2 unspecified atom stereocenters. The van der Waals surface area contributed by atoms with Gasteiger partial charge in [-0.05, 0) is 56.8 Å². The SMILES string of the molecule is CCOC(=O)c1cccc(C2CCNC(C)C2)c1. The Labute approximate surface area is 109 Å². The quantitative estimate of drug-likeness (QED) is 0.835. The summed E-state index contributed by atoms with van der Waals surface area (Å²) in [5.41, 5.74) is 1.93. The first-order chi connectivity index (χ1) is 8.70. The Morgan fingerprint density at radius 3 is 3.06 bits per heavy atom. The van der Waals surface area contributed by atoms with Gasteiger partial charge in [0, 0.05) is 6.04 Å². The Kier molecular flexibility index (Phi) is 4.37. The molecule has 1 aromatic carbocycles. The molecule has 2 atom stereocenters. The van der Waals surface area contributed by atoms with Crippen LogP contribution in [0.3, 0.4) is 0 Å². The predicted octanol–water partition coefficient (Wildman–Crippen LogP) is 2.72. The van der Waals surface area contributed by atoms with Crippen molar-refractivity contribution in [3.8, 4) is 0 Å². The van der Waals surface area contributed by atoms with E-state index in [1.54, 1.807) is 0 Å². The molecule has 1 saturated heterocycles. The Balaban J connectivity index is 2.13. The molecule has 0 spiro atoms. The van der Waals surface area contributed by atoms with Gasteiger partial charge in [0.2, 0.25) is 0 Å². The Bertz CT molecular complexity index is 417. The van der Waals surface area contributed by atoms with Gasteiger partial charge in [-0.2, -0.15) is 0 Å². The topological polar surface area (TPSA) is 38.3 Å². The van der Waals surface area contributed by atoms with Crippen LogP contribution < -0.4 is 5.32 Å². The lowest BCUT2D eigenvalue weighted by atomic mass is 9.86. The first kappa shape index (κ1) is 13.1. The minimum atomic E-state index is -0.221. The number of hydrogen-bond acceptors (Lipinski definition) is 3. The number of rotatable bonds is 3. The molecule has 3 heteroatoms. The number of ether oxygens (including phenoxy) is 1. The number of esters is 1. The van der Waals surface area contributed by atoms with E-state index in [-0.39, 0.29) is 5.97 Å². The summed E-state index contributed by atoms with van der Waals surface area (Å²) in [4.78, 5) is 11.7. The van der Waals surface area contributed by atoms with Crippen LogP contribution in [0.2, 0.25) is 0 Å². The fourth-order valence-corrected chi connectivity index (χ4v) is 2.57. The number of carbonyl (C=O) groups is 1. The van der Waals surface area contributed by atoms with E-state index < -0.39 is 0 Å². The average molecular weight is 247 g/mol. The van der Waals surface area contributed by atoms with E-state index in [9.17, 15) is 4.79 Å². The lowest BCUT2D eigenvalue weighted by Crippen LogP contribution is -2.34. The van der Waals surface area contributed by atoms with Crippen LogP contribution in [0.4, 0.5) is 0 Å². The van der Waals surface area contributed by atoms with E-state index in [1.807, 2.05) is 25.1 Å². The number of benzene rings is 1. The molecular formula is C15H21NO2. The van der Waals surface area contributed by atoms with Crippen molar-refractivity contribution in [2.24, 2.45) is 0 Å². The third-order valence-electron chi connectivity index (χ3n) is 3.49. The maximum atomic E-state index is 11.7. The second-order valence-electron chi connectivity index (χ2n) is 4.92. The van der Waals surface area contributed by atoms with Crippen molar-refractivity contribution in [3.63, 3.8) is 0 Å². The standard InChI is InChI=1S/C15H21NO2/c1-3-18-15(17)14-6-4-5-12(10-14)13-7-8-16-11(2)9-13/h4-6,10-11,13,16H,3,7-9H2,1-2H3. The fourth-order valence-electron chi connectivity index (χ4n) is 2.57. The van der Waals surface area contributed by atoms with Crippen molar-refractivity contribution >= 4 is 5.97 Å². The lowest BCUT2D eigenvalue weighted by molar-refractivity contribution is 0.0526. The molecule has 2 rings (SSSR count). The van der Waals surface area contributed by atoms with Gasteiger partial charge in [-0.1, -0.05) is 12.1 Å². The van der Waals surface area contributed by atoms with Crippen molar-refractivity contribution in [1.82, 2.24) is 5.32 Å². The molecule has 1 aromatic rings. The van der Waals surface area contributed by atoms with Crippen LogP contribution in [0, 0.1) is 0 Å². The molecule has 0 amide bonds. The highest BCUT2D eigenvalue weighted by atomic mass is 16.5. The van der Waals surface area contributed by atoms with Gasteiger partial charge in [0.15, 0.2) is 0 Å². The molecular weight excluding hydrogens is 226 g/mol. The summed E-state index contributed by atoms with van der Waals surface area (Å²) in [6, 6.07) is 8.43. The van der Waals surface area contributed by atoms with E-state index in [0.29, 0.717) is 24.1 Å². The zero-order chi connectivity index (χ0) is 13.0. The Morgan fingerprint density at radius 2 is 2.33 bits per heavy atom. The minimum absolute atomic E-state index is 0.221. The summed E-state index contributed by atoms with van der Waals surface area (Å²) in [6.07, 6.45) is 2.27. The maximum Gasteiger partial charge on any atom is 0.338 e. The molecule has 0 aliphatic carbocycles. The zero-order valence-electron chi connectivity index (χ0n) is 11.1. The van der Waals surface area contributed by atoms with Gasteiger partial charge < -0.3 is 10.1 Å². The highest BCUT2D eigenvalue weighted by Gasteiger charge is 2.20. The summed E-state index contributed by atoms with van der Waals surface area (Å²) in [5, 5.41) is 3.45. The van der Waals surface area contributed by atoms with Gasteiger partial charge >= 0.3 is 5.97 Å². The van der Waals surface area contributed by atoms with Crippen LogP contribution in [0.25, 0.3) is 0 Å². The summed E-state index contributed by atoms with van der Waals surface area (Å²) in [6.45, 7) is 5.51. The number of carbonyl (C=O) groups excluding carboxylic acids is 1. The summed E-state index contributed by atoms with van der Waals surface area (Å²) in [7, 11) is 0. The van der Waals surface area contributed by atoms with Crippen LogP contribution in [-0.2, 0) is 4.74 Å². The molecule has 0 saturated carbocycles. The van der Waals surface area contributed by atoms with Crippen LogP contribution in [0.5, 0.6) is 0 Å². The molecule has 1 N–H and O–H groups in total. The largest absolute Gasteiger partial charge is 0.462 e. The fraction of sp³-hybridized carbons (Fsp3) is 0.533. The van der Waals surface area contributed by atoms with E-state index in [0.717, 1.165) is 19.4 Å². The second kappa shape index (κ2) is 6.01. The van der Waals surface area contributed by atoms with Crippen LogP contribution in [0.15, 0.2) is 24.3 Å². The van der Waals surface area contributed by atoms with Crippen LogP contribution in [0.1, 0.15) is 48.5 Å². The predicted molar refractivity (Wildman–Crippen MR) is 71.8 cm³/mol. The third kappa shape index (κ3) is 3.10. The monoisotopic (exact) mass is 247 g/mol. The molecule has 18 heavy (non-hydrogen) atoms. The van der Waals surface area contributed by atoms with E-state index in [2.05, 4.69) is 18.3 Å². The smallest absolute Gasteiger partial charge is 0.338 e. The van der Waals surface area contributed by atoms with Crippen molar-refractivity contribution in [1.29, 1.82) is 0 Å². The number of nitrogens with one attached hydrogen (secondary N) is 1. The van der Waals surface area contributed by atoms with Crippen LogP contribution in [-0.4, -0.2) is 25.2 Å². The molecule has 0 radical (unpaired) electrons. The first-order valence-electron chi connectivity index (χ1n) is 6.71. The van der Waals surface area contributed by atoms with Gasteiger partial charge in [-0.25, -0.2) is 4.79 Å². The summed E-state index contributed by atoms with van der Waals surface area (Å²) >= 11 is 0. The van der Waals surface area contributed by atoms with Gasteiger partial charge in [0.1, 0.15) is 0 Å². The number of piperidine rings is 1. The average Bonchev–Trinajstić information content (AvgIpc) is 2.39. The normalized spacial score (nSPS) is 23.7. The molecule has 1 fully saturated rings. The summed E-state index contributed by atoms with van der Waals surface area (Å²) < 4.78 is 5.04. The van der Waals surface area contributed by atoms with Gasteiger partial charge in [-0.15, -0.1) is 0 Å². The Morgan fingerprint density at radius 1 is 1.50 bits per heavy atom. The van der Waals surface area contributed by atoms with E-state index >= 15 is 0 Å². The van der Waals surface area contributed by atoms with Crippen molar-refractivity contribution in [3.05, 3.63) is 35.4 Å². The highest BCUT2D eigenvalue weighted by Crippen LogP contribution is 2.28. The van der Waals surface area contributed by atoms with E-state index in [1.165, 1.54) is 5.56 Å². The molecule has 98 valence electrons. The van der Waals surface area contributed by atoms with Crippen LogP contribution >= 0.6 is 0 Å². The molecule has 1 aliphatic rings. The molecule has 3 nitrogen and oxygen atoms in total. The maximum absolute atomic E-state index is 11.7. The molecule has 1 heterocycles.